The number of sulfonamides is 1. The lowest BCUT2D eigenvalue weighted by molar-refractivity contribution is 0.249. The molecule has 3 unspecified atom stereocenters. The molecule has 4 nitrogen and oxygen atoms in total. The van der Waals surface area contributed by atoms with E-state index in [0.717, 1.165) is 25.2 Å². The molecule has 16 heavy (non-hydrogen) atoms. The first kappa shape index (κ1) is 13.9. The molecule has 0 aromatic rings. The standard InChI is InChI=1S/C11H24N2O2S/c1-9-4-5-11(10(2)8-9)13-16(14,15)7-6-12-3/h9-13H,4-8H2,1-3H3. The lowest BCUT2D eigenvalue weighted by Crippen LogP contribution is -2.44. The first-order valence-corrected chi connectivity index (χ1v) is 7.74. The van der Waals surface area contributed by atoms with Gasteiger partial charge in [-0.05, 0) is 38.1 Å². The zero-order valence-electron chi connectivity index (χ0n) is 10.5. The van der Waals surface area contributed by atoms with E-state index < -0.39 is 10.0 Å². The highest BCUT2D eigenvalue weighted by Crippen LogP contribution is 2.28. The van der Waals surface area contributed by atoms with Crippen LogP contribution in [0, 0.1) is 11.8 Å². The van der Waals surface area contributed by atoms with Crippen LogP contribution in [-0.2, 0) is 10.0 Å². The molecule has 1 rings (SSSR count). The fourth-order valence-electron chi connectivity index (χ4n) is 2.37. The van der Waals surface area contributed by atoms with Crippen LogP contribution in [0.1, 0.15) is 33.1 Å². The van der Waals surface area contributed by atoms with Gasteiger partial charge in [-0.25, -0.2) is 13.1 Å². The molecule has 3 atom stereocenters. The minimum absolute atomic E-state index is 0.137. The second-order valence-corrected chi connectivity index (χ2v) is 6.92. The fraction of sp³-hybridized carbons (Fsp3) is 1.00. The third-order valence-electron chi connectivity index (χ3n) is 3.38. The summed E-state index contributed by atoms with van der Waals surface area (Å²) in [5.41, 5.74) is 0. The first-order valence-electron chi connectivity index (χ1n) is 6.09. The van der Waals surface area contributed by atoms with Crippen LogP contribution < -0.4 is 10.0 Å². The SMILES string of the molecule is CNCCS(=O)(=O)NC1CCC(C)CC1C. The van der Waals surface area contributed by atoms with E-state index >= 15 is 0 Å². The van der Waals surface area contributed by atoms with E-state index in [1.54, 1.807) is 7.05 Å². The van der Waals surface area contributed by atoms with Crippen LogP contribution >= 0.6 is 0 Å². The molecule has 0 amide bonds. The molecule has 1 fully saturated rings. The van der Waals surface area contributed by atoms with Crippen LogP contribution in [0.2, 0.25) is 0 Å². The van der Waals surface area contributed by atoms with Crippen molar-refractivity contribution in [3.05, 3.63) is 0 Å². The molecule has 0 bridgehead atoms. The Bertz CT molecular complexity index is 303. The Hall–Kier alpha value is -0.130. The highest BCUT2D eigenvalue weighted by Gasteiger charge is 2.28. The van der Waals surface area contributed by atoms with Crippen LogP contribution in [0.15, 0.2) is 0 Å². The second kappa shape index (κ2) is 5.98. The monoisotopic (exact) mass is 248 g/mol. The summed E-state index contributed by atoms with van der Waals surface area (Å²) in [4.78, 5) is 0. The first-order chi connectivity index (χ1) is 7.44. The number of hydrogen-bond acceptors (Lipinski definition) is 3. The lowest BCUT2D eigenvalue weighted by Gasteiger charge is -2.32. The van der Waals surface area contributed by atoms with Gasteiger partial charge in [0.1, 0.15) is 0 Å². The summed E-state index contributed by atoms with van der Waals surface area (Å²) in [5.74, 6) is 1.35. The van der Waals surface area contributed by atoms with Crippen molar-refractivity contribution in [2.75, 3.05) is 19.3 Å². The van der Waals surface area contributed by atoms with Gasteiger partial charge in [-0.1, -0.05) is 13.8 Å². The van der Waals surface area contributed by atoms with E-state index in [1.807, 2.05) is 0 Å². The van der Waals surface area contributed by atoms with Crippen LogP contribution in [-0.4, -0.2) is 33.8 Å². The van der Waals surface area contributed by atoms with Crippen molar-refractivity contribution in [1.82, 2.24) is 10.0 Å². The Morgan fingerprint density at radius 2 is 1.94 bits per heavy atom. The highest BCUT2D eigenvalue weighted by atomic mass is 32.2. The largest absolute Gasteiger partial charge is 0.319 e. The van der Waals surface area contributed by atoms with Gasteiger partial charge in [0, 0.05) is 12.6 Å². The van der Waals surface area contributed by atoms with Crippen molar-refractivity contribution >= 4 is 10.0 Å². The average molecular weight is 248 g/mol. The van der Waals surface area contributed by atoms with Crippen LogP contribution in [0.3, 0.4) is 0 Å². The van der Waals surface area contributed by atoms with Gasteiger partial charge in [-0.3, -0.25) is 0 Å². The molecule has 0 radical (unpaired) electrons. The zero-order valence-corrected chi connectivity index (χ0v) is 11.3. The summed E-state index contributed by atoms with van der Waals surface area (Å²) in [6.07, 6.45) is 3.23. The van der Waals surface area contributed by atoms with E-state index in [4.69, 9.17) is 0 Å². The van der Waals surface area contributed by atoms with Gasteiger partial charge in [0.05, 0.1) is 5.75 Å². The van der Waals surface area contributed by atoms with Crippen molar-refractivity contribution in [3.8, 4) is 0 Å². The minimum Gasteiger partial charge on any atom is -0.319 e. The lowest BCUT2D eigenvalue weighted by atomic mass is 9.80. The average Bonchev–Trinajstić information content (AvgIpc) is 2.19. The highest BCUT2D eigenvalue weighted by molar-refractivity contribution is 7.89. The minimum atomic E-state index is -3.11. The quantitative estimate of drug-likeness (QED) is 0.761. The molecule has 1 saturated carbocycles. The van der Waals surface area contributed by atoms with Crippen LogP contribution in [0.4, 0.5) is 0 Å². The fourth-order valence-corrected chi connectivity index (χ4v) is 3.77. The molecule has 0 aromatic heterocycles. The van der Waals surface area contributed by atoms with Crippen molar-refractivity contribution in [1.29, 1.82) is 0 Å². The second-order valence-electron chi connectivity index (χ2n) is 5.04. The van der Waals surface area contributed by atoms with Crippen LogP contribution in [0.5, 0.6) is 0 Å². The molecular weight excluding hydrogens is 224 g/mol. The Morgan fingerprint density at radius 3 is 2.50 bits per heavy atom. The van der Waals surface area contributed by atoms with Gasteiger partial charge in [0.2, 0.25) is 10.0 Å². The molecule has 0 aliphatic heterocycles. The van der Waals surface area contributed by atoms with Gasteiger partial charge in [-0.15, -0.1) is 0 Å². The maximum atomic E-state index is 11.7. The summed E-state index contributed by atoms with van der Waals surface area (Å²) < 4.78 is 26.3. The maximum absolute atomic E-state index is 11.7. The number of hydrogen-bond donors (Lipinski definition) is 2. The Labute approximate surface area is 99.2 Å². The predicted octanol–water partition coefficient (Wildman–Crippen LogP) is 0.950. The van der Waals surface area contributed by atoms with Gasteiger partial charge in [0.25, 0.3) is 0 Å². The molecule has 0 saturated heterocycles. The molecular formula is C11H24N2O2S. The molecule has 2 N–H and O–H groups in total. The van der Waals surface area contributed by atoms with Crippen molar-refractivity contribution in [2.45, 2.75) is 39.2 Å². The Morgan fingerprint density at radius 1 is 1.25 bits per heavy atom. The maximum Gasteiger partial charge on any atom is 0.213 e. The van der Waals surface area contributed by atoms with E-state index in [1.165, 1.54) is 0 Å². The van der Waals surface area contributed by atoms with E-state index in [9.17, 15) is 8.42 Å². The Balaban J connectivity index is 2.47. The molecule has 1 aliphatic carbocycles. The number of nitrogens with one attached hydrogen (secondary N) is 2. The van der Waals surface area contributed by atoms with Gasteiger partial charge in [0.15, 0.2) is 0 Å². The smallest absolute Gasteiger partial charge is 0.213 e. The molecule has 5 heteroatoms. The normalized spacial score (nSPS) is 31.6. The third kappa shape index (κ3) is 4.39. The predicted molar refractivity (Wildman–Crippen MR) is 66.8 cm³/mol. The van der Waals surface area contributed by atoms with Crippen molar-refractivity contribution in [3.63, 3.8) is 0 Å². The summed E-state index contributed by atoms with van der Waals surface area (Å²) in [5, 5.41) is 2.86. The van der Waals surface area contributed by atoms with Gasteiger partial charge < -0.3 is 5.32 Å². The van der Waals surface area contributed by atoms with Gasteiger partial charge in [-0.2, -0.15) is 0 Å². The third-order valence-corrected chi connectivity index (χ3v) is 4.79. The Kier molecular flexibility index (Phi) is 5.21. The molecule has 0 spiro atoms. The van der Waals surface area contributed by atoms with Crippen molar-refractivity contribution in [2.24, 2.45) is 11.8 Å². The van der Waals surface area contributed by atoms with E-state index in [-0.39, 0.29) is 11.8 Å². The molecule has 0 heterocycles. The van der Waals surface area contributed by atoms with Gasteiger partial charge >= 0.3 is 0 Å². The molecule has 0 aromatic carbocycles. The summed E-state index contributed by atoms with van der Waals surface area (Å²) in [6.45, 7) is 4.88. The van der Waals surface area contributed by atoms with E-state index in [2.05, 4.69) is 23.9 Å². The molecule has 96 valence electrons. The van der Waals surface area contributed by atoms with Crippen molar-refractivity contribution < 1.29 is 8.42 Å². The van der Waals surface area contributed by atoms with E-state index in [0.29, 0.717) is 12.5 Å². The number of rotatable bonds is 5. The summed E-state index contributed by atoms with van der Waals surface area (Å²) in [6, 6.07) is 0.137. The summed E-state index contributed by atoms with van der Waals surface area (Å²) >= 11 is 0. The topological polar surface area (TPSA) is 58.2 Å². The zero-order chi connectivity index (χ0) is 12.2. The van der Waals surface area contributed by atoms with Crippen LogP contribution in [0.25, 0.3) is 0 Å². The summed E-state index contributed by atoms with van der Waals surface area (Å²) in [7, 11) is -1.34. The molecule has 1 aliphatic rings.